The summed E-state index contributed by atoms with van der Waals surface area (Å²) in [6.45, 7) is 5.86. The molecule has 3 rings (SSSR count). The van der Waals surface area contributed by atoms with E-state index in [1.807, 2.05) is 17.9 Å². The third kappa shape index (κ3) is 3.47. The van der Waals surface area contributed by atoms with Crippen LogP contribution in [0.3, 0.4) is 0 Å². The Hall–Kier alpha value is -1.33. The van der Waals surface area contributed by atoms with Gasteiger partial charge < -0.3 is 18.8 Å². The first-order chi connectivity index (χ1) is 10.2. The van der Waals surface area contributed by atoms with E-state index in [1.165, 1.54) is 0 Å². The molecule has 1 aromatic heterocycles. The highest BCUT2D eigenvalue weighted by Gasteiger charge is 2.27. The minimum absolute atomic E-state index is 0.000132. The molecule has 0 aliphatic carbocycles. The number of amides is 1. The molecule has 2 saturated heterocycles. The number of carbonyl (C=O) groups is 1. The molecule has 0 spiro atoms. The zero-order valence-electron chi connectivity index (χ0n) is 12.5. The SMILES string of the molecule is Cc1ccoc1C(=O)N1CCC(OCC2CCOC2)CC1. The molecule has 21 heavy (non-hydrogen) atoms. The summed E-state index contributed by atoms with van der Waals surface area (Å²) in [7, 11) is 0. The molecule has 0 saturated carbocycles. The molecular formula is C16H23NO4. The Bertz CT molecular complexity index is 470. The highest BCUT2D eigenvalue weighted by molar-refractivity contribution is 5.92. The van der Waals surface area contributed by atoms with Crippen LogP contribution in [0.5, 0.6) is 0 Å². The summed E-state index contributed by atoms with van der Waals surface area (Å²) in [6.07, 6.45) is 4.75. The van der Waals surface area contributed by atoms with E-state index in [0.29, 0.717) is 11.7 Å². The first kappa shape index (κ1) is 14.6. The number of carbonyl (C=O) groups excluding carboxylic acids is 1. The molecule has 5 heteroatoms. The summed E-state index contributed by atoms with van der Waals surface area (Å²) in [4.78, 5) is 14.2. The number of likely N-dealkylation sites (tertiary alicyclic amines) is 1. The molecule has 1 amide bonds. The van der Waals surface area contributed by atoms with E-state index in [9.17, 15) is 4.79 Å². The Morgan fingerprint density at radius 1 is 1.38 bits per heavy atom. The minimum Gasteiger partial charge on any atom is -0.459 e. The van der Waals surface area contributed by atoms with Crippen LogP contribution in [0.4, 0.5) is 0 Å². The Labute approximate surface area is 125 Å². The number of rotatable bonds is 4. The van der Waals surface area contributed by atoms with Crippen LogP contribution in [0.15, 0.2) is 16.7 Å². The normalized spacial score (nSPS) is 23.7. The molecular weight excluding hydrogens is 270 g/mol. The van der Waals surface area contributed by atoms with Crippen LogP contribution in [-0.4, -0.2) is 49.8 Å². The van der Waals surface area contributed by atoms with Crippen molar-refractivity contribution < 1.29 is 18.7 Å². The maximum Gasteiger partial charge on any atom is 0.289 e. The molecule has 1 atom stereocenters. The number of hydrogen-bond donors (Lipinski definition) is 0. The molecule has 0 radical (unpaired) electrons. The quantitative estimate of drug-likeness (QED) is 0.854. The number of piperidine rings is 1. The predicted octanol–water partition coefficient (Wildman–Crippen LogP) is 2.25. The van der Waals surface area contributed by atoms with Gasteiger partial charge in [-0.25, -0.2) is 0 Å². The standard InChI is InChI=1S/C16H23NO4/c1-12-4-9-20-15(12)16(18)17-6-2-14(3-7-17)21-11-13-5-8-19-10-13/h4,9,13-14H,2-3,5-8,10-11H2,1H3. The second kappa shape index (κ2) is 6.62. The van der Waals surface area contributed by atoms with Crippen molar-refractivity contribution in [2.75, 3.05) is 32.9 Å². The minimum atomic E-state index is 0.000132. The highest BCUT2D eigenvalue weighted by atomic mass is 16.5. The van der Waals surface area contributed by atoms with Crippen LogP contribution in [0.25, 0.3) is 0 Å². The van der Waals surface area contributed by atoms with Crippen LogP contribution in [0.2, 0.25) is 0 Å². The summed E-state index contributed by atoms with van der Waals surface area (Å²) in [5.41, 5.74) is 0.902. The fourth-order valence-electron chi connectivity index (χ4n) is 2.95. The monoisotopic (exact) mass is 293 g/mol. The molecule has 3 heterocycles. The summed E-state index contributed by atoms with van der Waals surface area (Å²) >= 11 is 0. The fraction of sp³-hybridized carbons (Fsp3) is 0.688. The van der Waals surface area contributed by atoms with Gasteiger partial charge in [-0.15, -0.1) is 0 Å². The van der Waals surface area contributed by atoms with Crippen molar-refractivity contribution >= 4 is 5.91 Å². The largest absolute Gasteiger partial charge is 0.459 e. The Morgan fingerprint density at radius 3 is 2.81 bits per heavy atom. The van der Waals surface area contributed by atoms with Crippen molar-refractivity contribution in [3.05, 3.63) is 23.7 Å². The third-order valence-corrected chi connectivity index (χ3v) is 4.38. The lowest BCUT2D eigenvalue weighted by molar-refractivity contribution is -0.00847. The average Bonchev–Trinajstić information content (AvgIpc) is 3.16. The van der Waals surface area contributed by atoms with E-state index in [1.54, 1.807) is 6.26 Å². The number of ether oxygens (including phenoxy) is 2. The molecule has 5 nitrogen and oxygen atoms in total. The van der Waals surface area contributed by atoms with Gasteiger partial charge in [0.1, 0.15) is 0 Å². The van der Waals surface area contributed by atoms with Crippen LogP contribution >= 0.6 is 0 Å². The number of furan rings is 1. The van der Waals surface area contributed by atoms with Gasteiger partial charge >= 0.3 is 0 Å². The second-order valence-corrected chi connectivity index (χ2v) is 5.99. The van der Waals surface area contributed by atoms with Crippen LogP contribution in [0, 0.1) is 12.8 Å². The van der Waals surface area contributed by atoms with Gasteiger partial charge in [-0.3, -0.25) is 4.79 Å². The molecule has 0 N–H and O–H groups in total. The van der Waals surface area contributed by atoms with E-state index >= 15 is 0 Å². The predicted molar refractivity (Wildman–Crippen MR) is 77.2 cm³/mol. The maximum atomic E-state index is 12.3. The number of hydrogen-bond acceptors (Lipinski definition) is 4. The lowest BCUT2D eigenvalue weighted by atomic mass is 10.1. The van der Waals surface area contributed by atoms with Crippen molar-refractivity contribution in [3.8, 4) is 0 Å². The van der Waals surface area contributed by atoms with Crippen molar-refractivity contribution in [3.63, 3.8) is 0 Å². The van der Waals surface area contributed by atoms with Gasteiger partial charge in [0.05, 0.1) is 25.6 Å². The van der Waals surface area contributed by atoms with Crippen molar-refractivity contribution in [2.24, 2.45) is 5.92 Å². The van der Waals surface area contributed by atoms with E-state index < -0.39 is 0 Å². The first-order valence-corrected chi connectivity index (χ1v) is 7.76. The Balaban J connectivity index is 1.44. The van der Waals surface area contributed by atoms with Crippen LogP contribution < -0.4 is 0 Å². The molecule has 2 aliphatic heterocycles. The highest BCUT2D eigenvalue weighted by Crippen LogP contribution is 2.20. The van der Waals surface area contributed by atoms with Gasteiger partial charge in [0.15, 0.2) is 5.76 Å². The average molecular weight is 293 g/mol. The third-order valence-electron chi connectivity index (χ3n) is 4.38. The fourth-order valence-corrected chi connectivity index (χ4v) is 2.95. The molecule has 1 unspecified atom stereocenters. The van der Waals surface area contributed by atoms with E-state index in [2.05, 4.69) is 0 Å². The molecule has 116 valence electrons. The maximum absolute atomic E-state index is 12.3. The lowest BCUT2D eigenvalue weighted by Crippen LogP contribution is -2.41. The second-order valence-electron chi connectivity index (χ2n) is 5.99. The molecule has 1 aromatic rings. The summed E-state index contributed by atoms with van der Waals surface area (Å²) < 4.78 is 16.6. The summed E-state index contributed by atoms with van der Waals surface area (Å²) in [5.74, 6) is 1.02. The summed E-state index contributed by atoms with van der Waals surface area (Å²) in [6, 6.07) is 1.83. The van der Waals surface area contributed by atoms with Crippen LogP contribution in [0.1, 0.15) is 35.4 Å². The smallest absolute Gasteiger partial charge is 0.289 e. The number of nitrogens with zero attached hydrogens (tertiary/aromatic N) is 1. The topological polar surface area (TPSA) is 51.9 Å². The van der Waals surface area contributed by atoms with Gasteiger partial charge in [0, 0.05) is 31.2 Å². The van der Waals surface area contributed by atoms with Gasteiger partial charge in [0.25, 0.3) is 5.91 Å². The Morgan fingerprint density at radius 2 is 2.19 bits per heavy atom. The molecule has 0 aromatic carbocycles. The zero-order valence-corrected chi connectivity index (χ0v) is 12.5. The Kier molecular flexibility index (Phi) is 4.60. The van der Waals surface area contributed by atoms with Gasteiger partial charge in [-0.2, -0.15) is 0 Å². The molecule has 0 bridgehead atoms. The van der Waals surface area contributed by atoms with Gasteiger partial charge in [-0.05, 0) is 32.3 Å². The van der Waals surface area contributed by atoms with E-state index in [4.69, 9.17) is 13.9 Å². The first-order valence-electron chi connectivity index (χ1n) is 7.76. The van der Waals surface area contributed by atoms with Crippen molar-refractivity contribution in [1.29, 1.82) is 0 Å². The number of aryl methyl sites for hydroxylation is 1. The van der Waals surface area contributed by atoms with E-state index in [0.717, 1.165) is 57.7 Å². The zero-order chi connectivity index (χ0) is 14.7. The molecule has 2 fully saturated rings. The van der Waals surface area contributed by atoms with Gasteiger partial charge in [0.2, 0.25) is 0 Å². The van der Waals surface area contributed by atoms with Crippen LogP contribution in [-0.2, 0) is 9.47 Å². The van der Waals surface area contributed by atoms with Crippen molar-refractivity contribution in [1.82, 2.24) is 4.90 Å². The van der Waals surface area contributed by atoms with E-state index in [-0.39, 0.29) is 12.0 Å². The molecule has 2 aliphatic rings. The van der Waals surface area contributed by atoms with Crippen molar-refractivity contribution in [2.45, 2.75) is 32.3 Å². The summed E-state index contributed by atoms with van der Waals surface area (Å²) in [5, 5.41) is 0. The van der Waals surface area contributed by atoms with Gasteiger partial charge in [-0.1, -0.05) is 0 Å². The lowest BCUT2D eigenvalue weighted by Gasteiger charge is -2.32.